The lowest BCUT2D eigenvalue weighted by Crippen LogP contribution is -3.00. The van der Waals surface area contributed by atoms with Gasteiger partial charge in [-0.05, 0) is 0 Å². The van der Waals surface area contributed by atoms with Crippen LogP contribution in [0.15, 0.2) is 0 Å². The molecule has 2 nitrogen and oxygen atoms in total. The molecule has 0 aromatic carbocycles. The van der Waals surface area contributed by atoms with E-state index in [1.54, 1.807) is 0 Å². The summed E-state index contributed by atoms with van der Waals surface area (Å²) in [6.45, 7) is -0.849. The Labute approximate surface area is 71.3 Å². The third kappa shape index (κ3) is 4.03. The van der Waals surface area contributed by atoms with Crippen LogP contribution in [0, 0.1) is 0 Å². The molecular weight excluding hydrogens is 208 g/mol. The van der Waals surface area contributed by atoms with E-state index in [-0.39, 0.29) is 19.0 Å². The first-order chi connectivity index (χ1) is 4.81. The zero-order valence-electron chi connectivity index (χ0n) is 5.80. The number of alkyl halides is 5. The van der Waals surface area contributed by atoms with E-state index in [0.29, 0.717) is 0 Å². The summed E-state index contributed by atoms with van der Waals surface area (Å²) < 4.78 is 60.5. The van der Waals surface area contributed by atoms with Crippen molar-refractivity contribution in [2.24, 2.45) is 0 Å². The first-order valence-corrected chi connectivity index (χ1v) is 2.69. The van der Waals surface area contributed by atoms with Crippen LogP contribution >= 0.6 is 0 Å². The Morgan fingerprint density at radius 1 is 1.08 bits per heavy atom. The average Bonchev–Trinajstić information content (AvgIpc) is 1.81. The molecule has 0 aliphatic heterocycles. The van der Waals surface area contributed by atoms with Gasteiger partial charge in [-0.2, -0.15) is 22.0 Å². The van der Waals surface area contributed by atoms with E-state index < -0.39 is 18.9 Å². The zero-order chi connectivity index (χ0) is 9.12. The summed E-state index contributed by atoms with van der Waals surface area (Å²) in [6, 6.07) is 0. The molecule has 76 valence electrons. The van der Waals surface area contributed by atoms with Crippen LogP contribution in [0.3, 0.4) is 0 Å². The van der Waals surface area contributed by atoms with Crippen molar-refractivity contribution in [2.45, 2.75) is 12.3 Å². The van der Waals surface area contributed by atoms with Gasteiger partial charge in [0.25, 0.3) is 0 Å². The minimum Gasteiger partial charge on any atom is -1.00 e. The van der Waals surface area contributed by atoms with Crippen molar-refractivity contribution >= 4 is 0 Å². The Kier molecular flexibility index (Phi) is 5.73. The molecular formula is C4H7ClF5NO. The van der Waals surface area contributed by atoms with E-state index in [1.807, 2.05) is 0 Å². The summed E-state index contributed by atoms with van der Waals surface area (Å²) in [5, 5.41) is 0. The first-order valence-electron chi connectivity index (χ1n) is 2.69. The zero-order valence-corrected chi connectivity index (χ0v) is 6.55. The van der Waals surface area contributed by atoms with Crippen LogP contribution in [-0.2, 0) is 4.74 Å². The standard InChI is InChI=1S/C4H6F5NO.ClH/c5-3(6,7)4(8,9)11-2-1-10;/h1-2,10H2;1H. The third-order valence-corrected chi connectivity index (χ3v) is 0.758. The molecule has 12 heavy (non-hydrogen) atoms. The highest BCUT2D eigenvalue weighted by atomic mass is 35.5. The smallest absolute Gasteiger partial charge is 0.482 e. The number of hydrogen-bond acceptors (Lipinski definition) is 1. The molecule has 3 N–H and O–H groups in total. The molecule has 0 spiro atoms. The van der Waals surface area contributed by atoms with Crippen molar-refractivity contribution in [1.29, 1.82) is 0 Å². The van der Waals surface area contributed by atoms with Gasteiger partial charge in [-0.3, -0.25) is 0 Å². The highest BCUT2D eigenvalue weighted by molar-refractivity contribution is 4.63. The minimum atomic E-state index is -5.64. The molecule has 0 unspecified atom stereocenters. The van der Waals surface area contributed by atoms with Crippen LogP contribution in [0.4, 0.5) is 22.0 Å². The van der Waals surface area contributed by atoms with Gasteiger partial charge in [-0.1, -0.05) is 0 Å². The molecule has 0 saturated heterocycles. The van der Waals surface area contributed by atoms with Gasteiger partial charge in [0.05, 0.1) is 6.54 Å². The summed E-state index contributed by atoms with van der Waals surface area (Å²) >= 11 is 0. The predicted molar refractivity (Wildman–Crippen MR) is 24.7 cm³/mol. The predicted octanol–water partition coefficient (Wildman–Crippen LogP) is -2.60. The van der Waals surface area contributed by atoms with Gasteiger partial charge in [0, 0.05) is 0 Å². The number of hydrogen-bond donors (Lipinski definition) is 1. The highest BCUT2D eigenvalue weighted by Crippen LogP contribution is 2.35. The van der Waals surface area contributed by atoms with Gasteiger partial charge in [0.2, 0.25) is 0 Å². The average molecular weight is 216 g/mol. The highest BCUT2D eigenvalue weighted by Gasteiger charge is 2.59. The van der Waals surface area contributed by atoms with Crippen LogP contribution in [0.2, 0.25) is 0 Å². The molecule has 0 atom stereocenters. The summed E-state index contributed by atoms with van der Waals surface area (Å²) in [6.07, 6.45) is -10.7. The van der Waals surface area contributed by atoms with Crippen molar-refractivity contribution in [2.75, 3.05) is 13.2 Å². The molecule has 0 radical (unpaired) electrons. The Morgan fingerprint density at radius 3 is 1.75 bits per heavy atom. The Balaban J connectivity index is 0. The normalized spacial score (nSPS) is 12.5. The summed E-state index contributed by atoms with van der Waals surface area (Å²) in [5.74, 6) is 0. The Bertz CT molecular complexity index is 127. The second-order valence-electron chi connectivity index (χ2n) is 1.72. The van der Waals surface area contributed by atoms with Gasteiger partial charge >= 0.3 is 12.3 Å². The molecule has 0 aliphatic carbocycles. The van der Waals surface area contributed by atoms with Crippen molar-refractivity contribution in [3.63, 3.8) is 0 Å². The fraction of sp³-hybridized carbons (Fsp3) is 1.00. The molecule has 0 aliphatic rings. The largest absolute Gasteiger partial charge is 1.00 e. The van der Waals surface area contributed by atoms with E-state index in [2.05, 4.69) is 10.5 Å². The molecule has 0 bridgehead atoms. The third-order valence-electron chi connectivity index (χ3n) is 0.758. The lowest BCUT2D eigenvalue weighted by Gasteiger charge is -2.18. The first kappa shape index (κ1) is 14.4. The quantitative estimate of drug-likeness (QED) is 0.516. The number of rotatable bonds is 3. The Morgan fingerprint density at radius 2 is 1.50 bits per heavy atom. The number of ether oxygens (including phenoxy) is 1. The molecule has 0 aromatic heterocycles. The van der Waals surface area contributed by atoms with E-state index >= 15 is 0 Å². The molecule has 8 heteroatoms. The summed E-state index contributed by atoms with van der Waals surface area (Å²) in [5.41, 5.74) is 3.05. The molecule has 0 saturated carbocycles. The number of halogens is 6. The fourth-order valence-electron chi connectivity index (χ4n) is 0.282. The molecule has 0 rings (SSSR count). The van der Waals surface area contributed by atoms with Crippen LogP contribution in [0.5, 0.6) is 0 Å². The number of quaternary nitrogens is 1. The van der Waals surface area contributed by atoms with Gasteiger partial charge in [-0.25, -0.2) is 0 Å². The maximum Gasteiger partial charge on any atom is 0.482 e. The van der Waals surface area contributed by atoms with Gasteiger partial charge in [-0.15, -0.1) is 0 Å². The monoisotopic (exact) mass is 215 g/mol. The Hall–Kier alpha value is -0.140. The lowest BCUT2D eigenvalue weighted by molar-refractivity contribution is -0.422. The van der Waals surface area contributed by atoms with Crippen molar-refractivity contribution < 1.29 is 44.8 Å². The molecule has 0 fully saturated rings. The SMILES string of the molecule is [Cl-].[NH3+]CCOC(F)(F)C(F)(F)F. The maximum absolute atomic E-state index is 11.7. The van der Waals surface area contributed by atoms with E-state index in [0.717, 1.165) is 0 Å². The minimum absolute atomic E-state index is 0. The second kappa shape index (κ2) is 4.78. The van der Waals surface area contributed by atoms with Crippen LogP contribution in [-0.4, -0.2) is 25.4 Å². The van der Waals surface area contributed by atoms with Gasteiger partial charge in [0.15, 0.2) is 0 Å². The molecule has 0 amide bonds. The van der Waals surface area contributed by atoms with Crippen LogP contribution < -0.4 is 18.1 Å². The summed E-state index contributed by atoms with van der Waals surface area (Å²) in [7, 11) is 0. The lowest BCUT2D eigenvalue weighted by atomic mass is 10.6. The second-order valence-corrected chi connectivity index (χ2v) is 1.72. The maximum atomic E-state index is 11.7. The van der Waals surface area contributed by atoms with E-state index in [9.17, 15) is 22.0 Å². The van der Waals surface area contributed by atoms with Crippen molar-refractivity contribution in [3.05, 3.63) is 0 Å². The van der Waals surface area contributed by atoms with Crippen LogP contribution in [0.25, 0.3) is 0 Å². The fourth-order valence-corrected chi connectivity index (χ4v) is 0.282. The summed E-state index contributed by atoms with van der Waals surface area (Å²) in [4.78, 5) is 0. The molecule has 0 aromatic rings. The van der Waals surface area contributed by atoms with E-state index in [1.165, 1.54) is 0 Å². The van der Waals surface area contributed by atoms with Gasteiger partial charge < -0.3 is 22.9 Å². The van der Waals surface area contributed by atoms with Gasteiger partial charge in [0.1, 0.15) is 6.61 Å². The van der Waals surface area contributed by atoms with Crippen molar-refractivity contribution in [3.8, 4) is 0 Å². The molecule has 0 heterocycles. The van der Waals surface area contributed by atoms with E-state index in [4.69, 9.17) is 0 Å². The topological polar surface area (TPSA) is 36.9 Å². The van der Waals surface area contributed by atoms with Crippen LogP contribution in [0.1, 0.15) is 0 Å². The van der Waals surface area contributed by atoms with Crippen molar-refractivity contribution in [1.82, 2.24) is 0 Å².